The number of benzene rings is 1. The quantitative estimate of drug-likeness (QED) is 0.538. The Bertz CT molecular complexity index is 341. The Hall–Kier alpha value is -1.62. The average Bonchev–Trinajstić information content (AvgIpc) is 2.29. The standard InChI is InChI=1S/C13H17NO/c1-4-5-6-10-14(2)12-8-7-9-13(11-12)15-3/h1,7-9,11H,5-6,10H2,2-3H3. The molecule has 1 rings (SSSR count). The third kappa shape index (κ3) is 3.55. The summed E-state index contributed by atoms with van der Waals surface area (Å²) < 4.78 is 5.17. The van der Waals surface area contributed by atoms with Crippen molar-refractivity contribution in [3.05, 3.63) is 24.3 Å². The van der Waals surface area contributed by atoms with E-state index in [-0.39, 0.29) is 0 Å². The van der Waals surface area contributed by atoms with Crippen molar-refractivity contribution in [1.82, 2.24) is 0 Å². The molecule has 80 valence electrons. The van der Waals surface area contributed by atoms with Crippen molar-refractivity contribution in [2.75, 3.05) is 25.6 Å². The molecule has 2 nitrogen and oxygen atoms in total. The van der Waals surface area contributed by atoms with Crippen molar-refractivity contribution in [2.45, 2.75) is 12.8 Å². The Morgan fingerprint density at radius 3 is 2.93 bits per heavy atom. The Balaban J connectivity index is 2.57. The molecular weight excluding hydrogens is 186 g/mol. The fraction of sp³-hybridized carbons (Fsp3) is 0.385. The van der Waals surface area contributed by atoms with Gasteiger partial charge >= 0.3 is 0 Å². The summed E-state index contributed by atoms with van der Waals surface area (Å²) in [6, 6.07) is 8.03. The smallest absolute Gasteiger partial charge is 0.120 e. The van der Waals surface area contributed by atoms with Crippen LogP contribution in [0.3, 0.4) is 0 Å². The number of unbranched alkanes of at least 4 members (excludes halogenated alkanes) is 1. The normalized spacial score (nSPS) is 9.40. The van der Waals surface area contributed by atoms with Crippen LogP contribution in [0.1, 0.15) is 12.8 Å². The van der Waals surface area contributed by atoms with Crippen LogP contribution in [-0.4, -0.2) is 20.7 Å². The van der Waals surface area contributed by atoms with Crippen molar-refractivity contribution in [2.24, 2.45) is 0 Å². The van der Waals surface area contributed by atoms with Gasteiger partial charge in [0.1, 0.15) is 5.75 Å². The van der Waals surface area contributed by atoms with Crippen LogP contribution in [0.5, 0.6) is 5.75 Å². The third-order valence-electron chi connectivity index (χ3n) is 2.31. The van der Waals surface area contributed by atoms with E-state index in [1.165, 1.54) is 0 Å². The molecular formula is C13H17NO. The lowest BCUT2D eigenvalue weighted by Gasteiger charge is -2.19. The molecule has 0 atom stereocenters. The number of terminal acetylenes is 1. The van der Waals surface area contributed by atoms with E-state index in [2.05, 4.69) is 23.9 Å². The molecule has 15 heavy (non-hydrogen) atoms. The summed E-state index contributed by atoms with van der Waals surface area (Å²) in [5.41, 5.74) is 1.16. The van der Waals surface area contributed by atoms with Crippen LogP contribution in [-0.2, 0) is 0 Å². The van der Waals surface area contributed by atoms with Gasteiger partial charge in [-0.2, -0.15) is 0 Å². The number of ether oxygens (including phenoxy) is 1. The predicted molar refractivity (Wildman–Crippen MR) is 64.3 cm³/mol. The van der Waals surface area contributed by atoms with Gasteiger partial charge in [0.25, 0.3) is 0 Å². The molecule has 0 fully saturated rings. The second-order valence-electron chi connectivity index (χ2n) is 3.43. The van der Waals surface area contributed by atoms with Gasteiger partial charge in [-0.25, -0.2) is 0 Å². The lowest BCUT2D eigenvalue weighted by Crippen LogP contribution is -2.18. The minimum Gasteiger partial charge on any atom is -0.497 e. The molecule has 0 heterocycles. The highest BCUT2D eigenvalue weighted by molar-refractivity contribution is 5.49. The van der Waals surface area contributed by atoms with Crippen LogP contribution in [0.15, 0.2) is 24.3 Å². The molecule has 0 N–H and O–H groups in total. The molecule has 0 unspecified atom stereocenters. The number of hydrogen-bond donors (Lipinski definition) is 0. The zero-order valence-corrected chi connectivity index (χ0v) is 9.36. The molecule has 0 radical (unpaired) electrons. The zero-order chi connectivity index (χ0) is 11.1. The van der Waals surface area contributed by atoms with E-state index in [1.54, 1.807) is 7.11 Å². The minimum absolute atomic E-state index is 0.828. The highest BCUT2D eigenvalue weighted by Gasteiger charge is 2.01. The van der Waals surface area contributed by atoms with Gasteiger partial charge in [-0.1, -0.05) is 6.07 Å². The summed E-state index contributed by atoms with van der Waals surface area (Å²) in [7, 11) is 3.74. The van der Waals surface area contributed by atoms with Crippen molar-refractivity contribution in [3.63, 3.8) is 0 Å². The topological polar surface area (TPSA) is 12.5 Å². The third-order valence-corrected chi connectivity index (χ3v) is 2.31. The molecule has 0 aromatic heterocycles. The largest absolute Gasteiger partial charge is 0.497 e. The number of anilines is 1. The van der Waals surface area contributed by atoms with Crippen LogP contribution in [0.2, 0.25) is 0 Å². The van der Waals surface area contributed by atoms with E-state index >= 15 is 0 Å². The van der Waals surface area contributed by atoms with E-state index < -0.39 is 0 Å². The van der Waals surface area contributed by atoms with Gasteiger partial charge in [0.05, 0.1) is 7.11 Å². The molecule has 0 amide bonds. The first-order chi connectivity index (χ1) is 7.27. The molecule has 0 bridgehead atoms. The Labute approximate surface area is 91.9 Å². The van der Waals surface area contributed by atoms with Crippen molar-refractivity contribution in [3.8, 4) is 18.1 Å². The molecule has 0 aliphatic rings. The second kappa shape index (κ2) is 5.98. The van der Waals surface area contributed by atoms with Crippen LogP contribution in [0, 0.1) is 12.3 Å². The van der Waals surface area contributed by atoms with Crippen LogP contribution >= 0.6 is 0 Å². The molecule has 1 aromatic rings. The predicted octanol–water partition coefficient (Wildman–Crippen LogP) is 2.54. The van der Waals surface area contributed by atoms with Crippen molar-refractivity contribution < 1.29 is 4.74 Å². The number of methoxy groups -OCH3 is 1. The second-order valence-corrected chi connectivity index (χ2v) is 3.43. The maximum absolute atomic E-state index is 5.21. The summed E-state index contributed by atoms with van der Waals surface area (Å²) in [4.78, 5) is 2.18. The Morgan fingerprint density at radius 1 is 1.47 bits per heavy atom. The maximum Gasteiger partial charge on any atom is 0.120 e. The van der Waals surface area contributed by atoms with Gasteiger partial charge in [-0.15, -0.1) is 12.3 Å². The number of hydrogen-bond acceptors (Lipinski definition) is 2. The first-order valence-corrected chi connectivity index (χ1v) is 5.06. The van der Waals surface area contributed by atoms with E-state index in [1.807, 2.05) is 18.2 Å². The summed E-state index contributed by atoms with van der Waals surface area (Å²) in [5.74, 6) is 3.53. The van der Waals surface area contributed by atoms with E-state index in [0.29, 0.717) is 0 Å². The van der Waals surface area contributed by atoms with Gasteiger partial charge in [0.2, 0.25) is 0 Å². The first-order valence-electron chi connectivity index (χ1n) is 5.06. The zero-order valence-electron chi connectivity index (χ0n) is 9.36. The van der Waals surface area contributed by atoms with Crippen molar-refractivity contribution >= 4 is 5.69 Å². The molecule has 0 aliphatic heterocycles. The molecule has 1 aromatic carbocycles. The van der Waals surface area contributed by atoms with E-state index in [4.69, 9.17) is 11.2 Å². The number of rotatable bonds is 5. The first kappa shape index (κ1) is 11.5. The summed E-state index contributed by atoms with van der Waals surface area (Å²) in [6.45, 7) is 0.970. The molecule has 2 heteroatoms. The van der Waals surface area contributed by atoms with Gasteiger partial charge in [0.15, 0.2) is 0 Å². The van der Waals surface area contributed by atoms with Crippen LogP contribution < -0.4 is 9.64 Å². The highest BCUT2D eigenvalue weighted by atomic mass is 16.5. The summed E-state index contributed by atoms with van der Waals surface area (Å²) in [5, 5.41) is 0. The monoisotopic (exact) mass is 203 g/mol. The molecule has 0 saturated heterocycles. The SMILES string of the molecule is C#CCCCN(C)c1cccc(OC)c1. The van der Waals surface area contributed by atoms with Gasteiger partial charge < -0.3 is 9.64 Å². The fourth-order valence-electron chi connectivity index (χ4n) is 1.40. The molecule has 0 saturated carbocycles. The van der Waals surface area contributed by atoms with Gasteiger partial charge in [-0.05, 0) is 18.6 Å². The maximum atomic E-state index is 5.21. The summed E-state index contributed by atoms with van der Waals surface area (Å²) >= 11 is 0. The Kier molecular flexibility index (Phi) is 4.56. The van der Waals surface area contributed by atoms with Crippen molar-refractivity contribution in [1.29, 1.82) is 0 Å². The van der Waals surface area contributed by atoms with Gasteiger partial charge in [-0.3, -0.25) is 0 Å². The van der Waals surface area contributed by atoms with Crippen LogP contribution in [0.4, 0.5) is 5.69 Å². The lowest BCUT2D eigenvalue weighted by molar-refractivity contribution is 0.415. The van der Waals surface area contributed by atoms with E-state index in [9.17, 15) is 0 Å². The van der Waals surface area contributed by atoms with E-state index in [0.717, 1.165) is 30.8 Å². The fourth-order valence-corrected chi connectivity index (χ4v) is 1.40. The molecule has 0 aliphatic carbocycles. The van der Waals surface area contributed by atoms with Gasteiger partial charge in [0, 0.05) is 31.8 Å². The summed E-state index contributed by atoms with van der Waals surface area (Å²) in [6.07, 6.45) is 7.06. The minimum atomic E-state index is 0.828. The average molecular weight is 203 g/mol. The lowest BCUT2D eigenvalue weighted by atomic mass is 10.2. The molecule has 0 spiro atoms. The Morgan fingerprint density at radius 2 is 2.27 bits per heavy atom. The highest BCUT2D eigenvalue weighted by Crippen LogP contribution is 2.19. The number of nitrogens with zero attached hydrogens (tertiary/aromatic N) is 1. The van der Waals surface area contributed by atoms with Crippen LogP contribution in [0.25, 0.3) is 0 Å².